The molecule has 0 radical (unpaired) electrons. The van der Waals surface area contributed by atoms with Gasteiger partial charge in [0, 0.05) is 19.0 Å². The van der Waals surface area contributed by atoms with Crippen molar-refractivity contribution in [2.24, 2.45) is 0 Å². The van der Waals surface area contributed by atoms with Gasteiger partial charge in [-0.15, -0.1) is 0 Å². The molecule has 0 bridgehead atoms. The van der Waals surface area contributed by atoms with E-state index in [1.54, 1.807) is 29.3 Å². The average molecular weight is 458 g/mol. The summed E-state index contributed by atoms with van der Waals surface area (Å²) in [6, 6.07) is 12.2. The highest BCUT2D eigenvalue weighted by atomic mass is 16.7. The minimum absolute atomic E-state index is 0.268. The summed E-state index contributed by atoms with van der Waals surface area (Å²) in [5.74, 6) is -0.800. The van der Waals surface area contributed by atoms with Crippen LogP contribution in [0.3, 0.4) is 0 Å². The summed E-state index contributed by atoms with van der Waals surface area (Å²) in [7, 11) is 0. The van der Waals surface area contributed by atoms with Crippen LogP contribution in [-0.2, 0) is 14.9 Å². The predicted molar refractivity (Wildman–Crippen MR) is 126 cm³/mol. The maximum atomic E-state index is 12.8. The molecule has 1 saturated heterocycles. The van der Waals surface area contributed by atoms with Gasteiger partial charge in [-0.25, -0.2) is 4.68 Å². The number of nitriles is 1. The average Bonchev–Trinajstić information content (AvgIpc) is 3.51. The van der Waals surface area contributed by atoms with E-state index in [2.05, 4.69) is 27.5 Å². The molecule has 8 heteroatoms. The van der Waals surface area contributed by atoms with Crippen LogP contribution in [0.4, 0.5) is 5.69 Å². The van der Waals surface area contributed by atoms with Gasteiger partial charge >= 0.3 is 0 Å². The first kappa shape index (κ1) is 22.3. The SMILES string of the molecule is Cc1cc(C)cc(-n2cc(C(=O)Nc3ccc(C4(C#N)CCC5(CC4)OCCO5)nc3)cn2)c1. The number of rotatable bonds is 4. The standard InChI is InChI=1S/C26H27N5O3/c1-18-11-19(2)13-22(12-18)31-16-20(14-29-31)24(32)30-21-3-4-23(28-15-21)25(17-27)5-7-26(8-6-25)33-9-10-34-26/h3-4,11-16H,5-10H2,1-2H3,(H,30,32). The van der Waals surface area contributed by atoms with Crippen LogP contribution in [0, 0.1) is 25.2 Å². The number of hydrogen-bond donors (Lipinski definition) is 1. The first-order valence-corrected chi connectivity index (χ1v) is 11.5. The highest BCUT2D eigenvalue weighted by Crippen LogP contribution is 2.45. The Morgan fingerprint density at radius 1 is 1.06 bits per heavy atom. The first-order valence-electron chi connectivity index (χ1n) is 11.5. The number of carbonyl (C=O) groups is 1. The molecule has 1 aliphatic carbocycles. The zero-order valence-corrected chi connectivity index (χ0v) is 19.4. The van der Waals surface area contributed by atoms with Gasteiger partial charge in [-0.2, -0.15) is 10.4 Å². The van der Waals surface area contributed by atoms with Crippen LogP contribution in [0.2, 0.25) is 0 Å². The maximum Gasteiger partial charge on any atom is 0.258 e. The molecule has 1 spiro atoms. The molecular weight excluding hydrogens is 430 g/mol. The predicted octanol–water partition coefficient (Wildman–Crippen LogP) is 4.21. The van der Waals surface area contributed by atoms with Gasteiger partial charge in [0.1, 0.15) is 0 Å². The second kappa shape index (κ2) is 8.67. The summed E-state index contributed by atoms with van der Waals surface area (Å²) in [5.41, 5.74) is 4.23. The molecule has 174 valence electrons. The molecule has 3 heterocycles. The molecule has 1 aromatic carbocycles. The Morgan fingerprint density at radius 2 is 1.76 bits per heavy atom. The van der Waals surface area contributed by atoms with Crippen LogP contribution in [0.1, 0.15) is 52.9 Å². The molecule has 1 N–H and O–H groups in total. The molecule has 34 heavy (non-hydrogen) atoms. The number of amides is 1. The van der Waals surface area contributed by atoms with Crippen molar-refractivity contribution < 1.29 is 14.3 Å². The lowest BCUT2D eigenvalue weighted by molar-refractivity contribution is -0.182. The van der Waals surface area contributed by atoms with Gasteiger partial charge in [0.25, 0.3) is 5.91 Å². The molecule has 0 atom stereocenters. The monoisotopic (exact) mass is 457 g/mol. The van der Waals surface area contributed by atoms with Crippen molar-refractivity contribution in [2.75, 3.05) is 18.5 Å². The van der Waals surface area contributed by atoms with E-state index >= 15 is 0 Å². The van der Waals surface area contributed by atoms with Crippen LogP contribution < -0.4 is 5.32 Å². The topological polar surface area (TPSA) is 102 Å². The van der Waals surface area contributed by atoms with Crippen LogP contribution in [0.15, 0.2) is 48.9 Å². The van der Waals surface area contributed by atoms with Crippen molar-refractivity contribution in [3.63, 3.8) is 0 Å². The summed E-state index contributed by atoms with van der Waals surface area (Å²) >= 11 is 0. The molecule has 1 saturated carbocycles. The number of nitrogens with one attached hydrogen (secondary N) is 1. The van der Waals surface area contributed by atoms with E-state index in [0.717, 1.165) is 16.8 Å². The van der Waals surface area contributed by atoms with E-state index in [9.17, 15) is 10.1 Å². The maximum absolute atomic E-state index is 12.8. The Bertz CT molecular complexity index is 1220. The molecule has 2 aromatic heterocycles. The number of ether oxygens (including phenoxy) is 2. The van der Waals surface area contributed by atoms with E-state index in [0.29, 0.717) is 55.8 Å². The second-order valence-corrected chi connectivity index (χ2v) is 9.21. The first-order chi connectivity index (χ1) is 16.4. The molecule has 5 rings (SSSR count). The second-order valence-electron chi connectivity index (χ2n) is 9.21. The number of aromatic nitrogens is 3. The molecular formula is C26H27N5O3. The van der Waals surface area contributed by atoms with Crippen LogP contribution in [0.5, 0.6) is 0 Å². The molecule has 2 aliphatic rings. The number of nitrogens with zero attached hydrogens (tertiary/aromatic N) is 4. The quantitative estimate of drug-likeness (QED) is 0.630. The Kier molecular flexibility index (Phi) is 5.68. The number of hydrogen-bond acceptors (Lipinski definition) is 6. The van der Waals surface area contributed by atoms with Gasteiger partial charge < -0.3 is 14.8 Å². The highest BCUT2D eigenvalue weighted by molar-refractivity contribution is 6.03. The van der Waals surface area contributed by atoms with Gasteiger partial charge in [-0.1, -0.05) is 6.07 Å². The Labute approximate surface area is 198 Å². The van der Waals surface area contributed by atoms with Crippen molar-refractivity contribution in [1.29, 1.82) is 5.26 Å². The van der Waals surface area contributed by atoms with Crippen LogP contribution >= 0.6 is 0 Å². The molecule has 2 fully saturated rings. The van der Waals surface area contributed by atoms with Crippen molar-refractivity contribution in [2.45, 2.75) is 50.7 Å². The van der Waals surface area contributed by atoms with Crippen LogP contribution in [-0.4, -0.2) is 39.7 Å². The third-order valence-electron chi connectivity index (χ3n) is 6.72. The highest BCUT2D eigenvalue weighted by Gasteiger charge is 2.48. The van der Waals surface area contributed by atoms with E-state index in [-0.39, 0.29) is 5.91 Å². The zero-order valence-electron chi connectivity index (χ0n) is 19.4. The van der Waals surface area contributed by atoms with Crippen molar-refractivity contribution in [3.05, 3.63) is 71.3 Å². The van der Waals surface area contributed by atoms with Crippen molar-refractivity contribution in [3.8, 4) is 11.8 Å². The van der Waals surface area contributed by atoms with E-state index in [1.165, 1.54) is 0 Å². The van der Waals surface area contributed by atoms with Crippen molar-refractivity contribution in [1.82, 2.24) is 14.8 Å². The van der Waals surface area contributed by atoms with E-state index in [4.69, 9.17) is 9.47 Å². The van der Waals surface area contributed by atoms with E-state index < -0.39 is 11.2 Å². The third-order valence-corrected chi connectivity index (χ3v) is 6.72. The zero-order chi connectivity index (χ0) is 23.8. The summed E-state index contributed by atoms with van der Waals surface area (Å²) in [6.45, 7) is 5.27. The number of anilines is 1. The smallest absolute Gasteiger partial charge is 0.258 e. The number of pyridine rings is 1. The number of benzene rings is 1. The summed E-state index contributed by atoms with van der Waals surface area (Å²) in [6.07, 6.45) is 7.45. The Morgan fingerprint density at radius 3 is 2.38 bits per heavy atom. The van der Waals surface area contributed by atoms with Gasteiger partial charge in [-0.05, 0) is 62.1 Å². The summed E-state index contributed by atoms with van der Waals surface area (Å²) in [4.78, 5) is 17.3. The molecule has 3 aromatic rings. The summed E-state index contributed by atoms with van der Waals surface area (Å²) in [5, 5.41) is 17.2. The van der Waals surface area contributed by atoms with Crippen LogP contribution in [0.25, 0.3) is 5.69 Å². The normalized spacial score (nSPS) is 18.5. The largest absolute Gasteiger partial charge is 0.348 e. The lowest BCUT2D eigenvalue weighted by Gasteiger charge is -2.39. The fraction of sp³-hybridized carbons (Fsp3) is 0.385. The summed E-state index contributed by atoms with van der Waals surface area (Å²) < 4.78 is 13.3. The minimum atomic E-state index is -0.670. The number of aryl methyl sites for hydroxylation is 2. The molecule has 1 aliphatic heterocycles. The van der Waals surface area contributed by atoms with Crippen molar-refractivity contribution >= 4 is 11.6 Å². The van der Waals surface area contributed by atoms with E-state index in [1.807, 2.05) is 32.0 Å². The number of carbonyl (C=O) groups excluding carboxylic acids is 1. The Balaban J connectivity index is 1.27. The molecule has 8 nitrogen and oxygen atoms in total. The van der Waals surface area contributed by atoms with Gasteiger partial charge in [-0.3, -0.25) is 9.78 Å². The Hall–Kier alpha value is -3.54. The lowest BCUT2D eigenvalue weighted by Crippen LogP contribution is -2.41. The third kappa shape index (κ3) is 4.20. The lowest BCUT2D eigenvalue weighted by atomic mass is 9.70. The fourth-order valence-corrected chi connectivity index (χ4v) is 4.89. The molecule has 0 unspecified atom stereocenters. The van der Waals surface area contributed by atoms with Gasteiger partial charge in [0.15, 0.2) is 5.79 Å². The molecule has 1 amide bonds. The fourth-order valence-electron chi connectivity index (χ4n) is 4.89. The van der Waals surface area contributed by atoms with Gasteiger partial charge in [0.05, 0.1) is 59.7 Å². The van der Waals surface area contributed by atoms with Gasteiger partial charge in [0.2, 0.25) is 0 Å². The minimum Gasteiger partial charge on any atom is -0.348 e.